The number of anilines is 1. The van der Waals surface area contributed by atoms with Crippen LogP contribution in [0.25, 0.3) is 0 Å². The van der Waals surface area contributed by atoms with Crippen LogP contribution in [0, 0.1) is 35.5 Å². The van der Waals surface area contributed by atoms with Gasteiger partial charge in [0.2, 0.25) is 17.7 Å². The minimum atomic E-state index is -0.918. The van der Waals surface area contributed by atoms with Crippen LogP contribution in [0.4, 0.5) is 5.69 Å². The van der Waals surface area contributed by atoms with Crippen molar-refractivity contribution in [2.24, 2.45) is 35.5 Å². The highest BCUT2D eigenvalue weighted by Gasteiger charge is 2.67. The van der Waals surface area contributed by atoms with Crippen molar-refractivity contribution in [3.8, 4) is 11.5 Å². The van der Waals surface area contributed by atoms with Gasteiger partial charge in [0.25, 0.3) is 0 Å². The number of para-hydroxylation sites is 1. The highest BCUT2D eigenvalue weighted by atomic mass is 16.5. The number of hydrogen-bond donors (Lipinski definition) is 1. The molecule has 2 saturated carbocycles. The predicted octanol–water partition coefficient (Wildman–Crippen LogP) is 5.08. The number of carbonyl (C=O) groups excluding carboxylic acids is 3. The number of carbonyl (C=O) groups is 3. The van der Waals surface area contributed by atoms with Gasteiger partial charge in [-0.1, -0.05) is 60.7 Å². The van der Waals surface area contributed by atoms with Crippen LogP contribution >= 0.6 is 0 Å². The van der Waals surface area contributed by atoms with Gasteiger partial charge in [-0.05, 0) is 72.1 Å². The summed E-state index contributed by atoms with van der Waals surface area (Å²) in [7, 11) is 0. The largest absolute Gasteiger partial charge is 0.457 e. The zero-order chi connectivity index (χ0) is 25.8. The van der Waals surface area contributed by atoms with Crippen molar-refractivity contribution < 1.29 is 19.1 Å². The summed E-state index contributed by atoms with van der Waals surface area (Å²) in [6.45, 7) is 0. The molecule has 8 rings (SSSR count). The first-order valence-electron chi connectivity index (χ1n) is 13.3. The zero-order valence-electron chi connectivity index (χ0n) is 20.8. The lowest BCUT2D eigenvalue weighted by Gasteiger charge is -2.37. The van der Waals surface area contributed by atoms with Gasteiger partial charge < -0.3 is 10.1 Å². The molecule has 1 aliphatic heterocycles. The van der Waals surface area contributed by atoms with E-state index in [2.05, 4.69) is 17.5 Å². The lowest BCUT2D eigenvalue weighted by molar-refractivity contribution is -0.146. The van der Waals surface area contributed by atoms with Crippen LogP contribution < -0.4 is 10.1 Å². The number of benzene rings is 3. The molecule has 0 radical (unpaired) electrons. The van der Waals surface area contributed by atoms with Crippen molar-refractivity contribution >= 4 is 23.4 Å². The maximum atomic E-state index is 13.8. The molecule has 0 unspecified atom stereocenters. The first kappa shape index (κ1) is 23.0. The van der Waals surface area contributed by atoms with E-state index in [1.54, 1.807) is 24.3 Å². The topological polar surface area (TPSA) is 75.7 Å². The fourth-order valence-corrected chi connectivity index (χ4v) is 6.88. The van der Waals surface area contributed by atoms with Crippen LogP contribution in [0.5, 0.6) is 11.5 Å². The predicted molar refractivity (Wildman–Crippen MR) is 142 cm³/mol. The van der Waals surface area contributed by atoms with Gasteiger partial charge in [0.1, 0.15) is 17.5 Å². The zero-order valence-corrected chi connectivity index (χ0v) is 20.8. The molecule has 1 heterocycles. The van der Waals surface area contributed by atoms with Gasteiger partial charge in [-0.3, -0.25) is 19.3 Å². The second-order valence-electron chi connectivity index (χ2n) is 10.8. The van der Waals surface area contributed by atoms with E-state index in [1.165, 1.54) is 4.90 Å². The molecule has 5 aliphatic rings. The van der Waals surface area contributed by atoms with Gasteiger partial charge in [0, 0.05) is 12.1 Å². The van der Waals surface area contributed by atoms with E-state index in [9.17, 15) is 14.4 Å². The Morgan fingerprint density at radius 1 is 0.789 bits per heavy atom. The molecule has 2 bridgehead atoms. The molecule has 4 aliphatic carbocycles. The van der Waals surface area contributed by atoms with Crippen LogP contribution in [0.15, 0.2) is 97.1 Å². The van der Waals surface area contributed by atoms with Gasteiger partial charge in [-0.15, -0.1) is 0 Å². The van der Waals surface area contributed by atoms with Crippen LogP contribution in [0.2, 0.25) is 0 Å². The highest BCUT2D eigenvalue weighted by Crippen LogP contribution is 2.65. The summed E-state index contributed by atoms with van der Waals surface area (Å²) in [6, 6.07) is 25.2. The van der Waals surface area contributed by atoms with Crippen LogP contribution in [-0.4, -0.2) is 28.7 Å². The van der Waals surface area contributed by atoms with Crippen LogP contribution in [-0.2, 0) is 20.8 Å². The normalized spacial score (nSPS) is 29.0. The third-order valence-electron chi connectivity index (χ3n) is 8.68. The molecule has 1 N–H and O–H groups in total. The smallest absolute Gasteiger partial charge is 0.248 e. The van der Waals surface area contributed by atoms with E-state index in [0.29, 0.717) is 23.3 Å². The van der Waals surface area contributed by atoms with E-state index in [0.717, 1.165) is 17.7 Å². The molecule has 38 heavy (non-hydrogen) atoms. The SMILES string of the molecule is O=C(Nc1ccc(Oc2ccccc2)cc1)[C@H](Cc1ccccc1)N1C(=O)[C@H]2[C@@H]3C=C[C@H]([C@H]4C[C@H]34)[C@@H]2C1=O. The molecule has 0 spiro atoms. The Hall–Kier alpha value is -4.19. The second kappa shape index (κ2) is 8.98. The molecule has 6 heteroatoms. The Kier molecular flexibility index (Phi) is 5.43. The van der Waals surface area contributed by atoms with Crippen molar-refractivity contribution in [1.82, 2.24) is 4.90 Å². The van der Waals surface area contributed by atoms with Crippen molar-refractivity contribution in [1.29, 1.82) is 0 Å². The summed E-state index contributed by atoms with van der Waals surface area (Å²) in [6.07, 6.45) is 5.68. The fraction of sp³-hybridized carbons (Fsp3) is 0.281. The Morgan fingerprint density at radius 2 is 1.34 bits per heavy atom. The molecule has 7 atom stereocenters. The van der Waals surface area contributed by atoms with Gasteiger partial charge in [0.05, 0.1) is 11.8 Å². The Bertz CT molecular complexity index is 1380. The number of nitrogens with zero attached hydrogens (tertiary/aromatic N) is 1. The van der Waals surface area contributed by atoms with Crippen molar-refractivity contribution in [2.45, 2.75) is 18.9 Å². The average Bonchev–Trinajstić information content (AvgIpc) is 3.73. The standard InChI is InChI=1S/C32H28N2O4/c35-30(33-20-11-13-22(14-12-20)38-21-9-5-2-6-10-21)27(17-19-7-3-1-4-8-19)34-31(36)28-23-15-16-24(26-18-25(23)26)29(28)32(34)37/h1-16,23-29H,17-18H2,(H,33,35)/t23-,24-,25-,26-,27+,28+,29+/m1/s1. The molecule has 190 valence electrons. The molecule has 6 nitrogen and oxygen atoms in total. The van der Waals surface area contributed by atoms with Gasteiger partial charge >= 0.3 is 0 Å². The summed E-state index contributed by atoms with van der Waals surface area (Å²) < 4.78 is 5.85. The lowest BCUT2D eigenvalue weighted by atomic mass is 9.63. The number of hydrogen-bond acceptors (Lipinski definition) is 4. The van der Waals surface area contributed by atoms with E-state index in [-0.39, 0.29) is 47.8 Å². The summed E-state index contributed by atoms with van der Waals surface area (Å²) >= 11 is 0. The molecule has 3 aromatic carbocycles. The molecular formula is C32H28N2O4. The van der Waals surface area contributed by atoms with Crippen molar-refractivity contribution in [3.05, 3.63) is 103 Å². The number of rotatable bonds is 7. The number of amides is 3. The number of likely N-dealkylation sites (tertiary alicyclic amines) is 1. The second-order valence-corrected chi connectivity index (χ2v) is 10.8. The molecule has 0 aromatic heterocycles. The molecular weight excluding hydrogens is 476 g/mol. The Balaban J connectivity index is 1.14. The fourth-order valence-electron chi connectivity index (χ4n) is 6.88. The lowest BCUT2D eigenvalue weighted by Crippen LogP contribution is -2.49. The third-order valence-corrected chi connectivity index (χ3v) is 8.68. The average molecular weight is 505 g/mol. The Morgan fingerprint density at radius 3 is 1.95 bits per heavy atom. The van der Waals surface area contributed by atoms with Crippen molar-refractivity contribution in [3.63, 3.8) is 0 Å². The number of imide groups is 1. The van der Waals surface area contributed by atoms with Crippen LogP contribution in [0.3, 0.4) is 0 Å². The first-order valence-corrected chi connectivity index (χ1v) is 13.3. The summed E-state index contributed by atoms with van der Waals surface area (Å²) in [5.74, 6) is 1.23. The van der Waals surface area contributed by atoms with Crippen molar-refractivity contribution in [2.75, 3.05) is 5.32 Å². The van der Waals surface area contributed by atoms with Gasteiger partial charge in [0.15, 0.2) is 0 Å². The quantitative estimate of drug-likeness (QED) is 0.360. The third kappa shape index (κ3) is 3.83. The first-order chi connectivity index (χ1) is 18.6. The van der Waals surface area contributed by atoms with Crippen LogP contribution in [0.1, 0.15) is 12.0 Å². The monoisotopic (exact) mass is 504 g/mol. The summed E-state index contributed by atoms with van der Waals surface area (Å²) in [5, 5.41) is 2.95. The molecule has 3 fully saturated rings. The molecule has 1 saturated heterocycles. The summed E-state index contributed by atoms with van der Waals surface area (Å²) in [4.78, 5) is 42.6. The maximum Gasteiger partial charge on any atom is 0.248 e. The van der Waals surface area contributed by atoms with Gasteiger partial charge in [-0.25, -0.2) is 0 Å². The van der Waals surface area contributed by atoms with E-state index < -0.39 is 6.04 Å². The van der Waals surface area contributed by atoms with E-state index >= 15 is 0 Å². The molecule has 3 amide bonds. The van der Waals surface area contributed by atoms with Gasteiger partial charge in [-0.2, -0.15) is 0 Å². The minimum Gasteiger partial charge on any atom is -0.457 e. The van der Waals surface area contributed by atoms with E-state index in [4.69, 9.17) is 4.74 Å². The summed E-state index contributed by atoms with van der Waals surface area (Å²) in [5.41, 5.74) is 1.48. The highest BCUT2D eigenvalue weighted by molar-refractivity contribution is 6.10. The Labute approximate surface area is 221 Å². The van der Waals surface area contributed by atoms with E-state index in [1.807, 2.05) is 60.7 Å². The number of ether oxygens (including phenoxy) is 1. The number of nitrogens with one attached hydrogen (secondary N) is 1. The maximum absolute atomic E-state index is 13.8. The minimum absolute atomic E-state index is 0.119. The number of allylic oxidation sites excluding steroid dienone is 2. The molecule has 3 aromatic rings.